The van der Waals surface area contributed by atoms with E-state index in [1.54, 1.807) is 24.3 Å². The summed E-state index contributed by atoms with van der Waals surface area (Å²) >= 11 is 0. The van der Waals surface area contributed by atoms with E-state index in [1.807, 2.05) is 22.9 Å². The van der Waals surface area contributed by atoms with Gasteiger partial charge in [0.05, 0.1) is 4.92 Å². The van der Waals surface area contributed by atoms with Gasteiger partial charge in [-0.1, -0.05) is 12.1 Å². The molecule has 136 valence electrons. The summed E-state index contributed by atoms with van der Waals surface area (Å²) in [5, 5.41) is 11.6. The molecule has 0 saturated heterocycles. The highest BCUT2D eigenvalue weighted by Crippen LogP contribution is 2.22. The van der Waals surface area contributed by atoms with Gasteiger partial charge < -0.3 is 0 Å². The molecule has 0 unspecified atom stereocenters. The third-order valence-corrected chi connectivity index (χ3v) is 3.34. The van der Waals surface area contributed by atoms with Crippen LogP contribution in [0.2, 0.25) is 0 Å². The second kappa shape index (κ2) is 8.13. The number of non-ortho nitro benzene ring substituents is 1. The molecule has 10 heteroatoms. The Morgan fingerprint density at radius 1 is 1.00 bits per heavy atom. The van der Waals surface area contributed by atoms with Crippen LogP contribution in [0.1, 0.15) is 5.56 Å². The molecule has 26 heavy (non-hydrogen) atoms. The van der Waals surface area contributed by atoms with Crippen LogP contribution in [0.5, 0.6) is 0 Å². The Kier molecular flexibility index (Phi) is 6.14. The first-order valence-corrected chi connectivity index (χ1v) is 8.30. The maximum Gasteiger partial charge on any atom is 0.283 e. The van der Waals surface area contributed by atoms with Gasteiger partial charge in [0.2, 0.25) is 5.52 Å². The lowest BCUT2D eigenvalue weighted by molar-refractivity contribution is -2.00. The zero-order chi connectivity index (χ0) is 19.3. The second-order valence-electron chi connectivity index (χ2n) is 5.11. The van der Waals surface area contributed by atoms with Crippen molar-refractivity contribution in [1.82, 2.24) is 0 Å². The Hall–Kier alpha value is -2.69. The van der Waals surface area contributed by atoms with Gasteiger partial charge in [-0.25, -0.2) is 23.0 Å². The summed E-state index contributed by atoms with van der Waals surface area (Å²) in [5.74, 6) is -0.292. The number of nitro groups is 1. The SMILES string of the molecule is O=[N+]([O-])c1cccc2c1ccc[n+]2Cc1cccc(F)c1.[O-][Cl+3]([O-])([O-])[O-]. The van der Waals surface area contributed by atoms with Crippen LogP contribution < -0.4 is 23.2 Å². The first kappa shape index (κ1) is 19.6. The summed E-state index contributed by atoms with van der Waals surface area (Å²) in [6.07, 6.45) is 1.83. The van der Waals surface area contributed by atoms with Crippen LogP contribution >= 0.6 is 0 Å². The van der Waals surface area contributed by atoms with Crippen molar-refractivity contribution in [2.75, 3.05) is 0 Å². The number of hydrogen-bond donors (Lipinski definition) is 0. The van der Waals surface area contributed by atoms with Gasteiger partial charge in [0.1, 0.15) is 11.2 Å². The average molecular weight is 383 g/mol. The maximum atomic E-state index is 13.3. The summed E-state index contributed by atoms with van der Waals surface area (Å²) in [6.45, 7) is 0.455. The standard InChI is InChI=1S/C16H12FN2O2.ClHO4/c17-13-5-1-4-12(10-13)11-18-9-3-6-14-15(18)7-2-8-16(14)19(20)21;2-1(3,4)5/h1-10H,11H2;(H,2,3,4,5)/q+1;/p-1. The van der Waals surface area contributed by atoms with Crippen LogP contribution in [0.3, 0.4) is 0 Å². The third kappa shape index (κ3) is 5.69. The largest absolute Gasteiger partial charge is 0.283 e. The first-order valence-electron chi connectivity index (χ1n) is 7.07. The lowest BCUT2D eigenvalue weighted by Crippen LogP contribution is -2.68. The summed E-state index contributed by atoms with van der Waals surface area (Å²) in [5.41, 5.74) is 1.62. The molecular formula is C16H12ClFN2O6. The molecule has 0 N–H and O–H groups in total. The van der Waals surface area contributed by atoms with E-state index >= 15 is 0 Å². The molecule has 1 heterocycles. The van der Waals surface area contributed by atoms with Gasteiger partial charge >= 0.3 is 0 Å². The molecule has 0 aliphatic heterocycles. The van der Waals surface area contributed by atoms with E-state index in [-0.39, 0.29) is 11.5 Å². The summed E-state index contributed by atoms with van der Waals surface area (Å²) < 4.78 is 49.1. The van der Waals surface area contributed by atoms with Gasteiger partial charge in [-0.3, -0.25) is 10.1 Å². The lowest BCUT2D eigenvalue weighted by atomic mass is 10.1. The smallest absolute Gasteiger partial charge is 0.258 e. The third-order valence-electron chi connectivity index (χ3n) is 3.34. The highest BCUT2D eigenvalue weighted by atomic mass is 35.7. The number of benzene rings is 2. The molecule has 3 rings (SSSR count). The monoisotopic (exact) mass is 382 g/mol. The molecule has 0 bridgehead atoms. The molecule has 0 spiro atoms. The molecule has 2 aromatic carbocycles. The highest BCUT2D eigenvalue weighted by Gasteiger charge is 2.17. The molecule has 1 aromatic heterocycles. The number of rotatable bonds is 3. The number of nitrogens with zero attached hydrogens (tertiary/aromatic N) is 2. The Morgan fingerprint density at radius 3 is 2.27 bits per heavy atom. The molecule has 3 aromatic rings. The van der Waals surface area contributed by atoms with Gasteiger partial charge in [0.25, 0.3) is 5.69 Å². The Morgan fingerprint density at radius 2 is 1.65 bits per heavy atom. The van der Waals surface area contributed by atoms with Gasteiger partial charge in [0.15, 0.2) is 12.7 Å². The Labute approximate surface area is 148 Å². The number of halogens is 2. The van der Waals surface area contributed by atoms with E-state index < -0.39 is 15.2 Å². The zero-order valence-electron chi connectivity index (χ0n) is 13.1. The lowest BCUT2D eigenvalue weighted by Gasteiger charge is -2.17. The van der Waals surface area contributed by atoms with Crippen molar-refractivity contribution in [3.8, 4) is 0 Å². The van der Waals surface area contributed by atoms with E-state index in [2.05, 4.69) is 0 Å². The summed E-state index contributed by atoms with van der Waals surface area (Å²) in [6, 6.07) is 14.8. The summed E-state index contributed by atoms with van der Waals surface area (Å²) in [4.78, 5) is 10.7. The predicted octanol–water partition coefficient (Wildman–Crippen LogP) is -1.53. The fourth-order valence-corrected chi connectivity index (χ4v) is 2.41. The fourth-order valence-electron chi connectivity index (χ4n) is 2.41. The van der Waals surface area contributed by atoms with Crippen molar-refractivity contribution in [3.05, 3.63) is 82.3 Å². The topological polar surface area (TPSA) is 139 Å². The number of hydrogen-bond acceptors (Lipinski definition) is 6. The predicted molar refractivity (Wildman–Crippen MR) is 76.3 cm³/mol. The highest BCUT2D eigenvalue weighted by molar-refractivity contribution is 5.85. The molecular weight excluding hydrogens is 371 g/mol. The minimum Gasteiger partial charge on any atom is -0.258 e. The molecule has 8 nitrogen and oxygen atoms in total. The van der Waals surface area contributed by atoms with Crippen molar-refractivity contribution >= 4 is 16.6 Å². The van der Waals surface area contributed by atoms with Crippen molar-refractivity contribution < 1.29 is 42.8 Å². The molecule has 0 amide bonds. The Bertz CT molecular complexity index is 926. The van der Waals surface area contributed by atoms with Crippen LogP contribution in [-0.4, -0.2) is 4.92 Å². The minimum atomic E-state index is -4.94. The van der Waals surface area contributed by atoms with Crippen LogP contribution in [0, 0.1) is 26.2 Å². The zero-order valence-corrected chi connectivity index (χ0v) is 13.8. The van der Waals surface area contributed by atoms with Gasteiger partial charge in [-0.15, -0.1) is 10.2 Å². The van der Waals surface area contributed by atoms with Crippen molar-refractivity contribution in [2.24, 2.45) is 0 Å². The molecule has 0 radical (unpaired) electrons. The van der Waals surface area contributed by atoms with Crippen molar-refractivity contribution in [3.63, 3.8) is 0 Å². The first-order chi connectivity index (χ1) is 12.1. The molecule has 0 saturated carbocycles. The Balaban J connectivity index is 0.000000431. The fraction of sp³-hybridized carbons (Fsp3) is 0.0625. The average Bonchev–Trinajstić information content (AvgIpc) is 2.53. The minimum absolute atomic E-state index is 0.0705. The number of nitro benzene ring substituents is 1. The van der Waals surface area contributed by atoms with Gasteiger partial charge in [-0.2, -0.15) is 4.57 Å². The van der Waals surface area contributed by atoms with Crippen molar-refractivity contribution in [1.29, 1.82) is 0 Å². The summed E-state index contributed by atoms with van der Waals surface area (Å²) in [7, 11) is -4.94. The van der Waals surface area contributed by atoms with E-state index in [9.17, 15) is 14.5 Å². The molecule has 0 aliphatic rings. The molecule has 0 aliphatic carbocycles. The molecule has 0 fully saturated rings. The van der Waals surface area contributed by atoms with Crippen LogP contribution in [0.4, 0.5) is 10.1 Å². The normalized spacial score (nSPS) is 11.0. The quantitative estimate of drug-likeness (QED) is 0.306. The number of aromatic nitrogens is 1. The van der Waals surface area contributed by atoms with Gasteiger partial charge in [-0.05, 0) is 24.3 Å². The number of fused-ring (bicyclic) bond motifs is 1. The van der Waals surface area contributed by atoms with E-state index in [1.165, 1.54) is 18.2 Å². The van der Waals surface area contributed by atoms with Crippen molar-refractivity contribution in [2.45, 2.75) is 6.54 Å². The number of pyridine rings is 1. The van der Waals surface area contributed by atoms with E-state index in [0.717, 1.165) is 11.1 Å². The van der Waals surface area contributed by atoms with Gasteiger partial charge in [0, 0.05) is 23.8 Å². The van der Waals surface area contributed by atoms with E-state index in [4.69, 9.17) is 18.6 Å². The van der Waals surface area contributed by atoms with Crippen LogP contribution in [0.15, 0.2) is 60.8 Å². The maximum absolute atomic E-state index is 13.3. The molecule has 0 atom stereocenters. The second-order valence-corrected chi connectivity index (χ2v) is 5.87. The van der Waals surface area contributed by atoms with Crippen LogP contribution in [-0.2, 0) is 6.54 Å². The van der Waals surface area contributed by atoms with Crippen LogP contribution in [0.25, 0.3) is 10.9 Å². The van der Waals surface area contributed by atoms with E-state index in [0.29, 0.717) is 11.9 Å².